The molecule has 0 aliphatic heterocycles. The molecule has 2 nitrogen and oxygen atoms in total. The van der Waals surface area contributed by atoms with Crippen LogP contribution in [0.25, 0.3) is 0 Å². The van der Waals surface area contributed by atoms with E-state index in [1.54, 1.807) is 0 Å². The number of rotatable bonds is 3. The van der Waals surface area contributed by atoms with Gasteiger partial charge in [0.1, 0.15) is 11.6 Å². The third-order valence-corrected chi connectivity index (χ3v) is 2.10. The van der Waals surface area contributed by atoms with Gasteiger partial charge in [0.15, 0.2) is 0 Å². The summed E-state index contributed by atoms with van der Waals surface area (Å²) in [6.07, 6.45) is 0. The van der Waals surface area contributed by atoms with Crippen LogP contribution in [0.1, 0.15) is 25.0 Å². The molecule has 84 valence electrons. The number of hydrogen-bond acceptors (Lipinski definition) is 2. The predicted octanol–water partition coefficient (Wildman–Crippen LogP) is 2.34. The maximum Gasteiger partial charge on any atom is 0.129 e. The van der Waals surface area contributed by atoms with E-state index in [-0.39, 0.29) is 17.7 Å². The Morgan fingerprint density at radius 1 is 1.27 bits per heavy atom. The molecule has 0 fully saturated rings. The molecule has 0 aromatic heterocycles. The third-order valence-electron chi connectivity index (χ3n) is 2.10. The molecule has 15 heavy (non-hydrogen) atoms. The monoisotopic (exact) mass is 216 g/mol. The van der Waals surface area contributed by atoms with E-state index in [1.807, 2.05) is 0 Å². The van der Waals surface area contributed by atoms with E-state index in [2.05, 4.69) is 0 Å². The van der Waals surface area contributed by atoms with Crippen molar-refractivity contribution in [3.05, 3.63) is 34.9 Å². The molecule has 0 atom stereocenters. The van der Waals surface area contributed by atoms with Crippen molar-refractivity contribution in [1.29, 1.82) is 0 Å². The zero-order valence-electron chi connectivity index (χ0n) is 8.97. The van der Waals surface area contributed by atoms with Gasteiger partial charge in [-0.2, -0.15) is 0 Å². The second kappa shape index (κ2) is 4.24. The number of methoxy groups -OCH3 is 1. The minimum Gasteiger partial charge on any atom is -0.386 e. The van der Waals surface area contributed by atoms with E-state index in [4.69, 9.17) is 4.74 Å². The average molecular weight is 216 g/mol. The van der Waals surface area contributed by atoms with E-state index in [0.717, 1.165) is 12.1 Å². The molecule has 0 unspecified atom stereocenters. The molecule has 4 heteroatoms. The standard InChI is InChI=1S/C11H14F2O2/c1-11(2,14)8-5-9(12)7(6-15-3)4-10(8)13/h4-5,14H,6H2,1-3H3. The van der Waals surface area contributed by atoms with Crippen molar-refractivity contribution < 1.29 is 18.6 Å². The van der Waals surface area contributed by atoms with Gasteiger partial charge in [-0.05, 0) is 26.0 Å². The fourth-order valence-electron chi connectivity index (χ4n) is 1.32. The zero-order valence-corrected chi connectivity index (χ0v) is 8.97. The molecule has 0 aliphatic carbocycles. The number of halogens is 2. The molecule has 1 rings (SSSR count). The molecule has 0 radical (unpaired) electrons. The van der Waals surface area contributed by atoms with Gasteiger partial charge in [-0.1, -0.05) is 0 Å². The van der Waals surface area contributed by atoms with Crippen LogP contribution < -0.4 is 0 Å². The lowest BCUT2D eigenvalue weighted by Crippen LogP contribution is -2.18. The van der Waals surface area contributed by atoms with Gasteiger partial charge in [-0.15, -0.1) is 0 Å². The highest BCUT2D eigenvalue weighted by molar-refractivity contribution is 5.29. The van der Waals surface area contributed by atoms with E-state index in [9.17, 15) is 13.9 Å². The number of aliphatic hydroxyl groups is 1. The van der Waals surface area contributed by atoms with E-state index in [1.165, 1.54) is 21.0 Å². The van der Waals surface area contributed by atoms with Crippen LogP contribution >= 0.6 is 0 Å². The molecular formula is C11H14F2O2. The van der Waals surface area contributed by atoms with Crippen molar-refractivity contribution in [2.24, 2.45) is 0 Å². The van der Waals surface area contributed by atoms with Crippen molar-refractivity contribution in [2.45, 2.75) is 26.1 Å². The first-order valence-electron chi connectivity index (χ1n) is 4.56. The van der Waals surface area contributed by atoms with Gasteiger partial charge in [0.2, 0.25) is 0 Å². The lowest BCUT2D eigenvalue weighted by Gasteiger charge is -2.19. The molecule has 0 aliphatic rings. The van der Waals surface area contributed by atoms with Crippen LogP contribution in [-0.4, -0.2) is 12.2 Å². The Balaban J connectivity index is 3.20. The maximum atomic E-state index is 13.5. The number of hydrogen-bond donors (Lipinski definition) is 1. The summed E-state index contributed by atoms with van der Waals surface area (Å²) >= 11 is 0. The van der Waals surface area contributed by atoms with Gasteiger partial charge >= 0.3 is 0 Å². The normalized spacial score (nSPS) is 11.9. The smallest absolute Gasteiger partial charge is 0.129 e. The second-order valence-corrected chi connectivity index (χ2v) is 3.92. The average Bonchev–Trinajstić information content (AvgIpc) is 2.09. The number of benzene rings is 1. The van der Waals surface area contributed by atoms with Gasteiger partial charge in [0, 0.05) is 18.2 Å². The minimum absolute atomic E-state index is 0.00882. The summed E-state index contributed by atoms with van der Waals surface area (Å²) in [5.41, 5.74) is -1.31. The first kappa shape index (κ1) is 12.1. The molecule has 1 N–H and O–H groups in total. The zero-order chi connectivity index (χ0) is 11.6. The van der Waals surface area contributed by atoms with Crippen LogP contribution in [0.5, 0.6) is 0 Å². The molecule has 0 spiro atoms. The molecule has 0 saturated carbocycles. The summed E-state index contributed by atoms with van der Waals surface area (Å²) in [6.45, 7) is 2.82. The van der Waals surface area contributed by atoms with Gasteiger partial charge in [0.25, 0.3) is 0 Å². The van der Waals surface area contributed by atoms with Gasteiger partial charge in [-0.3, -0.25) is 0 Å². The fraction of sp³-hybridized carbons (Fsp3) is 0.455. The highest BCUT2D eigenvalue weighted by Gasteiger charge is 2.22. The quantitative estimate of drug-likeness (QED) is 0.840. The Morgan fingerprint density at radius 2 is 1.87 bits per heavy atom. The predicted molar refractivity (Wildman–Crippen MR) is 52.3 cm³/mol. The van der Waals surface area contributed by atoms with Crippen LogP contribution in [0.4, 0.5) is 8.78 Å². The summed E-state index contributed by atoms with van der Waals surface area (Å²) in [6, 6.07) is 2.05. The molecular weight excluding hydrogens is 202 g/mol. The summed E-state index contributed by atoms with van der Waals surface area (Å²) in [4.78, 5) is 0. The molecule has 1 aromatic carbocycles. The first-order valence-corrected chi connectivity index (χ1v) is 4.56. The van der Waals surface area contributed by atoms with Crippen LogP contribution in [0, 0.1) is 11.6 Å². The van der Waals surface area contributed by atoms with Crippen LogP contribution in [0.3, 0.4) is 0 Å². The summed E-state index contributed by atoms with van der Waals surface area (Å²) < 4.78 is 31.6. The Hall–Kier alpha value is -1.00. The first-order chi connectivity index (χ1) is 6.86. The lowest BCUT2D eigenvalue weighted by molar-refractivity contribution is 0.0739. The van der Waals surface area contributed by atoms with Gasteiger partial charge in [-0.25, -0.2) is 8.78 Å². The van der Waals surface area contributed by atoms with Crippen molar-refractivity contribution in [3.63, 3.8) is 0 Å². The molecule has 0 heterocycles. The molecule has 0 amide bonds. The highest BCUT2D eigenvalue weighted by atomic mass is 19.1. The summed E-state index contributed by atoms with van der Waals surface area (Å²) in [7, 11) is 1.40. The summed E-state index contributed by atoms with van der Waals surface area (Å²) in [5.74, 6) is -1.20. The molecule has 0 saturated heterocycles. The largest absolute Gasteiger partial charge is 0.386 e. The Labute approximate surface area is 87.5 Å². The SMILES string of the molecule is COCc1cc(F)c(C(C)(C)O)cc1F. The van der Waals surface area contributed by atoms with E-state index in [0.29, 0.717) is 0 Å². The fourth-order valence-corrected chi connectivity index (χ4v) is 1.32. The minimum atomic E-state index is -1.39. The van der Waals surface area contributed by atoms with Crippen LogP contribution in [0.2, 0.25) is 0 Å². The van der Waals surface area contributed by atoms with Gasteiger partial charge in [0.05, 0.1) is 12.2 Å². The number of ether oxygens (including phenoxy) is 1. The molecule has 0 bridgehead atoms. The van der Waals surface area contributed by atoms with Crippen LogP contribution in [-0.2, 0) is 16.9 Å². The highest BCUT2D eigenvalue weighted by Crippen LogP contribution is 2.25. The van der Waals surface area contributed by atoms with Crippen molar-refractivity contribution in [2.75, 3.05) is 7.11 Å². The van der Waals surface area contributed by atoms with Crippen molar-refractivity contribution in [1.82, 2.24) is 0 Å². The van der Waals surface area contributed by atoms with E-state index >= 15 is 0 Å². The maximum absolute atomic E-state index is 13.5. The van der Waals surface area contributed by atoms with Crippen LogP contribution in [0.15, 0.2) is 12.1 Å². The third kappa shape index (κ3) is 2.73. The second-order valence-electron chi connectivity index (χ2n) is 3.92. The van der Waals surface area contributed by atoms with E-state index < -0.39 is 17.2 Å². The van der Waals surface area contributed by atoms with Crippen molar-refractivity contribution >= 4 is 0 Å². The Morgan fingerprint density at radius 3 is 2.33 bits per heavy atom. The molecule has 1 aromatic rings. The topological polar surface area (TPSA) is 29.5 Å². The lowest BCUT2D eigenvalue weighted by atomic mass is 9.96. The van der Waals surface area contributed by atoms with Gasteiger partial charge < -0.3 is 9.84 Å². The van der Waals surface area contributed by atoms with Crippen molar-refractivity contribution in [3.8, 4) is 0 Å². The Bertz CT molecular complexity index is 356. The summed E-state index contributed by atoms with van der Waals surface area (Å²) in [5, 5.41) is 9.58. The Kier molecular flexibility index (Phi) is 3.42.